The Kier molecular flexibility index (Phi) is 8.90. The van der Waals surface area contributed by atoms with Gasteiger partial charge in [-0.05, 0) is 47.8 Å². The molecule has 2 nitrogen and oxygen atoms in total. The maximum atomic E-state index is 3.34. The Balaban J connectivity index is 0.000000166. The van der Waals surface area contributed by atoms with Crippen molar-refractivity contribution >= 4 is 94.2 Å². The first-order chi connectivity index (χ1) is 18.5. The van der Waals surface area contributed by atoms with E-state index in [1.165, 1.54) is 101 Å². The molecule has 0 amide bonds. The van der Waals surface area contributed by atoms with E-state index in [1.54, 1.807) is 0 Å². The van der Waals surface area contributed by atoms with Gasteiger partial charge >= 0.3 is 28.4 Å². The Morgan fingerprint density at radius 2 is 0.925 bits per heavy atom. The van der Waals surface area contributed by atoms with Crippen LogP contribution in [0, 0.1) is 13.8 Å². The molecule has 0 saturated carbocycles. The maximum absolute atomic E-state index is 3.34. The third kappa shape index (κ3) is 4.69. The number of nitrogens with zero attached hydrogens (tertiary/aromatic N) is 2. The number of benzene rings is 4. The molecule has 0 radical (unpaired) electrons. The van der Waals surface area contributed by atoms with Gasteiger partial charge < -0.3 is 9.13 Å². The first kappa shape index (κ1) is 30.0. The van der Waals surface area contributed by atoms with Crippen molar-refractivity contribution in [2.45, 2.75) is 13.8 Å². The van der Waals surface area contributed by atoms with Crippen molar-refractivity contribution in [3.05, 3.63) is 108 Å². The van der Waals surface area contributed by atoms with E-state index in [2.05, 4.69) is 138 Å². The van der Waals surface area contributed by atoms with Crippen molar-refractivity contribution in [2.75, 3.05) is 0 Å². The van der Waals surface area contributed by atoms with Crippen LogP contribution in [0.3, 0.4) is 0 Å². The van der Waals surface area contributed by atoms with Gasteiger partial charge in [-0.3, -0.25) is 0 Å². The molecule has 5 heteroatoms. The minimum absolute atomic E-state index is 0. The van der Waals surface area contributed by atoms with Crippen LogP contribution in [0.4, 0.5) is 0 Å². The molecule has 0 aliphatic rings. The van der Waals surface area contributed by atoms with Crippen LogP contribution in [0.25, 0.3) is 65.2 Å². The zero-order chi connectivity index (χ0) is 26.6. The summed E-state index contributed by atoms with van der Waals surface area (Å²) in [5.41, 5.74) is 7.93. The van der Waals surface area contributed by atoms with Gasteiger partial charge in [0.25, 0.3) is 0 Å². The van der Waals surface area contributed by atoms with Crippen LogP contribution in [-0.4, -0.2) is 13.3 Å². The van der Waals surface area contributed by atoms with Crippen LogP contribution in [-0.2, 0) is 38.3 Å². The Bertz CT molecular complexity index is 1970. The fraction of sp³-hybridized carbons (Fsp3) is 0.114. The van der Waals surface area contributed by atoms with Gasteiger partial charge in [-0.25, -0.2) is 0 Å². The third-order valence-corrected chi connectivity index (χ3v) is 7.85. The number of fused-ring (bicyclic) bond motifs is 10. The number of aryl methyl sites for hydroxylation is 4. The fourth-order valence-corrected chi connectivity index (χ4v) is 6.06. The first-order valence-corrected chi connectivity index (χ1v) is 14.7. The topological polar surface area (TPSA) is 9.86 Å². The summed E-state index contributed by atoms with van der Waals surface area (Å²) in [6.45, 7) is 4.31. The second-order valence-electron chi connectivity index (χ2n) is 10.1. The van der Waals surface area contributed by atoms with Crippen molar-refractivity contribution in [3.8, 4) is 0 Å². The normalized spacial score (nSPS) is 10.8. The summed E-state index contributed by atoms with van der Waals surface area (Å²) >= 11 is 1.30. The second-order valence-corrected chi connectivity index (χ2v) is 10.1. The Hall–Kier alpha value is -2.97. The predicted molar refractivity (Wildman–Crippen MR) is 178 cm³/mol. The van der Waals surface area contributed by atoms with Crippen LogP contribution in [0.1, 0.15) is 11.1 Å². The van der Waals surface area contributed by atoms with Crippen LogP contribution in [0.15, 0.2) is 97.1 Å². The summed E-state index contributed by atoms with van der Waals surface area (Å²) in [5.74, 6) is 0. The zero-order valence-corrected chi connectivity index (χ0v) is 27.2. The van der Waals surface area contributed by atoms with Gasteiger partial charge in [-0.1, -0.05) is 58.3 Å². The van der Waals surface area contributed by atoms with Crippen molar-refractivity contribution in [1.29, 1.82) is 0 Å². The van der Waals surface area contributed by atoms with E-state index in [0.29, 0.717) is 0 Å². The molecular weight excluding hydrogens is 611 g/mol. The van der Waals surface area contributed by atoms with Gasteiger partial charge in [0, 0.05) is 25.1 Å². The van der Waals surface area contributed by atoms with Crippen LogP contribution in [0.2, 0.25) is 0 Å². The molecule has 2 heterocycles. The monoisotopic (exact) mass is 640 g/mol. The van der Waals surface area contributed by atoms with E-state index in [1.807, 2.05) is 0 Å². The van der Waals surface area contributed by atoms with Gasteiger partial charge in [-0.2, -0.15) is 0 Å². The van der Waals surface area contributed by atoms with Crippen LogP contribution >= 0.6 is 24.8 Å². The first-order valence-electron chi connectivity index (χ1n) is 12.9. The summed E-state index contributed by atoms with van der Waals surface area (Å²) in [4.78, 5) is 0. The molecule has 0 bridgehead atoms. The molecule has 0 aliphatic heterocycles. The van der Waals surface area contributed by atoms with E-state index < -0.39 is 0 Å². The Labute approximate surface area is 262 Å². The molecule has 8 rings (SSSR count). The molecule has 0 aliphatic carbocycles. The molecule has 200 valence electrons. The van der Waals surface area contributed by atoms with Gasteiger partial charge in [0.2, 0.25) is 0 Å². The third-order valence-electron chi connectivity index (χ3n) is 7.85. The van der Waals surface area contributed by atoms with E-state index in [9.17, 15) is 0 Å². The Morgan fingerprint density at radius 1 is 0.550 bits per heavy atom. The van der Waals surface area contributed by atoms with Gasteiger partial charge in [0.05, 0.1) is 0 Å². The minimum atomic E-state index is 0. The SMILES string of the molecule is Cc1ccc2c(c1)c1c3ccccc3[cH-]c1n2C.Cc1ccc2c(c1)c1c3ccccc3[cH-]c1n2C.Cl.Cl.[CH2]=[Zr+2]. The van der Waals surface area contributed by atoms with Crippen molar-refractivity contribution in [3.63, 3.8) is 0 Å². The summed E-state index contributed by atoms with van der Waals surface area (Å²) in [6, 6.07) is 35.3. The van der Waals surface area contributed by atoms with E-state index >= 15 is 0 Å². The molecule has 0 spiro atoms. The summed E-state index contributed by atoms with van der Waals surface area (Å²) in [6.07, 6.45) is 0. The standard InChI is InChI=1S/2C17H14N.CH2.2ClH.Zr/c2*1-11-7-8-15-14(9-11)17-13-6-4-3-5-12(13)10-16(17)18(15)2;;;;/h2*3-10H,1-2H3;1H2;2*1H;/q2*-1;;;;+2. The molecule has 0 atom stereocenters. The second kappa shape index (κ2) is 11.9. The zero-order valence-electron chi connectivity index (χ0n) is 23.2. The number of hydrogen-bond acceptors (Lipinski definition) is 0. The average Bonchev–Trinajstić information content (AvgIpc) is 3.65. The quantitative estimate of drug-likeness (QED) is 0.146. The van der Waals surface area contributed by atoms with Gasteiger partial charge in [0.1, 0.15) is 0 Å². The van der Waals surface area contributed by atoms with Gasteiger partial charge in [-0.15, -0.1) is 94.9 Å². The molecular formula is C35H32Cl2N2Zr. The number of aromatic nitrogens is 2. The number of halogens is 2. The summed E-state index contributed by atoms with van der Waals surface area (Å²) in [5, 5.41) is 10.9. The van der Waals surface area contributed by atoms with E-state index in [-0.39, 0.29) is 24.8 Å². The molecule has 0 fully saturated rings. The van der Waals surface area contributed by atoms with Crippen molar-refractivity contribution < 1.29 is 24.2 Å². The predicted octanol–water partition coefficient (Wildman–Crippen LogP) is 9.83. The Morgan fingerprint density at radius 3 is 1.32 bits per heavy atom. The van der Waals surface area contributed by atoms with Crippen molar-refractivity contribution in [2.24, 2.45) is 14.1 Å². The molecule has 6 aromatic carbocycles. The summed E-state index contributed by atoms with van der Waals surface area (Å²) in [7, 11) is 4.30. The number of hydrogen-bond donors (Lipinski definition) is 0. The van der Waals surface area contributed by atoms with Crippen LogP contribution in [0.5, 0.6) is 0 Å². The van der Waals surface area contributed by atoms with Crippen molar-refractivity contribution in [1.82, 2.24) is 9.13 Å². The summed E-state index contributed by atoms with van der Waals surface area (Å²) < 4.78 is 7.93. The molecule has 0 unspecified atom stereocenters. The number of rotatable bonds is 0. The molecule has 0 saturated heterocycles. The van der Waals surface area contributed by atoms with E-state index in [4.69, 9.17) is 0 Å². The van der Waals surface area contributed by atoms with Gasteiger partial charge in [0.15, 0.2) is 0 Å². The molecule has 0 N–H and O–H groups in total. The molecule has 8 aromatic rings. The molecule has 2 aromatic heterocycles. The van der Waals surface area contributed by atoms with E-state index in [0.717, 1.165) is 0 Å². The molecule has 40 heavy (non-hydrogen) atoms. The fourth-order valence-electron chi connectivity index (χ4n) is 6.06. The average molecular weight is 643 g/mol. The van der Waals surface area contributed by atoms with Crippen LogP contribution < -0.4 is 0 Å².